The predicted octanol–water partition coefficient (Wildman–Crippen LogP) is 3.27. The number of hydrogen-bond donors (Lipinski definition) is 3. The molecular formula is C15H22N2O2S. The van der Waals surface area contributed by atoms with Crippen molar-refractivity contribution < 1.29 is 9.84 Å². The second-order valence-corrected chi connectivity index (χ2v) is 5.76. The maximum Gasteiger partial charge on any atom is 0.171 e. The van der Waals surface area contributed by atoms with Crippen LogP contribution in [0.4, 0.5) is 5.69 Å². The van der Waals surface area contributed by atoms with E-state index in [0.29, 0.717) is 22.8 Å². The monoisotopic (exact) mass is 294 g/mol. The number of aromatic hydroxyl groups is 1. The Labute approximate surface area is 125 Å². The van der Waals surface area contributed by atoms with Crippen LogP contribution in [0.5, 0.6) is 11.5 Å². The minimum Gasteiger partial charge on any atom is -0.504 e. The molecule has 5 heteroatoms. The summed E-state index contributed by atoms with van der Waals surface area (Å²) < 4.78 is 5.01. The lowest BCUT2D eigenvalue weighted by Gasteiger charge is -2.30. The summed E-state index contributed by atoms with van der Waals surface area (Å²) in [5.74, 6) is 1.20. The highest BCUT2D eigenvalue weighted by atomic mass is 32.1. The van der Waals surface area contributed by atoms with Gasteiger partial charge in [0.15, 0.2) is 16.6 Å². The van der Waals surface area contributed by atoms with Crippen LogP contribution in [0, 0.1) is 5.92 Å². The van der Waals surface area contributed by atoms with Gasteiger partial charge in [-0.15, -0.1) is 0 Å². The summed E-state index contributed by atoms with van der Waals surface area (Å²) in [5.41, 5.74) is 0.754. The van der Waals surface area contributed by atoms with Gasteiger partial charge in [0.05, 0.1) is 7.11 Å². The number of ether oxygens (including phenoxy) is 1. The van der Waals surface area contributed by atoms with E-state index in [1.807, 2.05) is 6.07 Å². The van der Waals surface area contributed by atoms with Gasteiger partial charge in [-0.25, -0.2) is 0 Å². The zero-order valence-corrected chi connectivity index (χ0v) is 12.8. The van der Waals surface area contributed by atoms with Crippen LogP contribution in [0.15, 0.2) is 18.2 Å². The molecule has 1 saturated carbocycles. The van der Waals surface area contributed by atoms with Gasteiger partial charge in [0.1, 0.15) is 0 Å². The molecule has 0 spiro atoms. The Morgan fingerprint density at radius 2 is 2.10 bits per heavy atom. The maximum absolute atomic E-state index is 9.74. The largest absolute Gasteiger partial charge is 0.504 e. The van der Waals surface area contributed by atoms with Gasteiger partial charge in [-0.1, -0.05) is 19.8 Å². The Morgan fingerprint density at radius 3 is 2.75 bits per heavy atom. The number of thiocarbonyl (C=S) groups is 1. The van der Waals surface area contributed by atoms with Gasteiger partial charge in [0.25, 0.3) is 0 Å². The van der Waals surface area contributed by atoms with Crippen molar-refractivity contribution in [2.24, 2.45) is 5.92 Å². The fourth-order valence-electron chi connectivity index (χ4n) is 2.63. The third-order valence-electron chi connectivity index (χ3n) is 3.86. The third kappa shape index (κ3) is 3.76. The van der Waals surface area contributed by atoms with Gasteiger partial charge < -0.3 is 20.5 Å². The molecule has 110 valence electrons. The molecule has 20 heavy (non-hydrogen) atoms. The SMILES string of the molecule is COc1ccc(NC(=S)N[C@@H]2CCCC[C@@H]2C)cc1O. The van der Waals surface area contributed by atoms with E-state index in [-0.39, 0.29) is 5.75 Å². The second-order valence-electron chi connectivity index (χ2n) is 5.35. The van der Waals surface area contributed by atoms with E-state index < -0.39 is 0 Å². The zero-order chi connectivity index (χ0) is 14.5. The van der Waals surface area contributed by atoms with E-state index in [4.69, 9.17) is 17.0 Å². The van der Waals surface area contributed by atoms with E-state index in [9.17, 15) is 5.11 Å². The van der Waals surface area contributed by atoms with Crippen molar-refractivity contribution in [3.63, 3.8) is 0 Å². The molecule has 4 nitrogen and oxygen atoms in total. The third-order valence-corrected chi connectivity index (χ3v) is 4.08. The number of phenols is 1. The van der Waals surface area contributed by atoms with Gasteiger partial charge in [-0.2, -0.15) is 0 Å². The van der Waals surface area contributed by atoms with Crippen molar-refractivity contribution in [2.75, 3.05) is 12.4 Å². The van der Waals surface area contributed by atoms with Crippen LogP contribution in [-0.4, -0.2) is 23.4 Å². The average molecular weight is 294 g/mol. The Balaban J connectivity index is 1.92. The molecule has 0 aliphatic heterocycles. The van der Waals surface area contributed by atoms with Gasteiger partial charge in [-0.3, -0.25) is 0 Å². The zero-order valence-electron chi connectivity index (χ0n) is 12.0. The fraction of sp³-hybridized carbons (Fsp3) is 0.533. The molecule has 0 heterocycles. The van der Waals surface area contributed by atoms with Gasteiger partial charge in [0, 0.05) is 17.8 Å². The minimum atomic E-state index is 0.103. The first-order valence-corrected chi connectivity index (χ1v) is 7.45. The Bertz CT molecular complexity index is 479. The molecule has 1 aromatic carbocycles. The molecule has 0 bridgehead atoms. The molecule has 2 atom stereocenters. The Hall–Kier alpha value is -1.49. The average Bonchev–Trinajstić information content (AvgIpc) is 2.41. The van der Waals surface area contributed by atoms with Gasteiger partial charge >= 0.3 is 0 Å². The van der Waals surface area contributed by atoms with Crippen molar-refractivity contribution in [1.82, 2.24) is 5.32 Å². The van der Waals surface area contributed by atoms with Crippen LogP contribution in [-0.2, 0) is 0 Å². The van der Waals surface area contributed by atoms with Crippen molar-refractivity contribution in [3.8, 4) is 11.5 Å². The van der Waals surface area contributed by atoms with E-state index >= 15 is 0 Å². The normalized spacial score (nSPS) is 22.1. The molecule has 2 rings (SSSR count). The number of rotatable bonds is 3. The summed E-state index contributed by atoms with van der Waals surface area (Å²) in [6, 6.07) is 5.59. The van der Waals surface area contributed by atoms with E-state index in [1.165, 1.54) is 26.4 Å². The predicted molar refractivity (Wildman–Crippen MR) is 85.4 cm³/mol. The molecule has 1 fully saturated rings. The second kappa shape index (κ2) is 6.79. The Kier molecular flexibility index (Phi) is 5.06. The smallest absolute Gasteiger partial charge is 0.171 e. The van der Waals surface area contributed by atoms with Crippen LogP contribution >= 0.6 is 12.2 Å². The molecule has 0 unspecified atom stereocenters. The summed E-state index contributed by atoms with van der Waals surface area (Å²) >= 11 is 5.34. The number of nitrogens with one attached hydrogen (secondary N) is 2. The number of phenolic OH excluding ortho intramolecular Hbond substituents is 1. The molecule has 1 aliphatic carbocycles. The number of hydrogen-bond acceptors (Lipinski definition) is 3. The van der Waals surface area contributed by atoms with Crippen molar-refractivity contribution in [2.45, 2.75) is 38.6 Å². The van der Waals surface area contributed by atoms with Crippen molar-refractivity contribution in [1.29, 1.82) is 0 Å². The number of benzene rings is 1. The molecule has 0 saturated heterocycles. The summed E-state index contributed by atoms with van der Waals surface area (Å²) in [4.78, 5) is 0. The highest BCUT2D eigenvalue weighted by Crippen LogP contribution is 2.28. The van der Waals surface area contributed by atoms with Crippen molar-refractivity contribution in [3.05, 3.63) is 18.2 Å². The highest BCUT2D eigenvalue weighted by Gasteiger charge is 2.21. The van der Waals surface area contributed by atoms with Gasteiger partial charge in [-0.05, 0) is 43.1 Å². The first-order valence-electron chi connectivity index (χ1n) is 7.04. The molecule has 1 aromatic rings. The first kappa shape index (κ1) is 14.9. The summed E-state index contributed by atoms with van der Waals surface area (Å²) in [6.07, 6.45) is 4.99. The minimum absolute atomic E-state index is 0.103. The molecule has 3 N–H and O–H groups in total. The van der Waals surface area contributed by atoms with Crippen molar-refractivity contribution >= 4 is 23.0 Å². The number of methoxy groups -OCH3 is 1. The molecular weight excluding hydrogens is 272 g/mol. The lowest BCUT2D eigenvalue weighted by atomic mass is 9.86. The van der Waals surface area contributed by atoms with E-state index in [0.717, 1.165) is 12.1 Å². The topological polar surface area (TPSA) is 53.5 Å². The summed E-state index contributed by atoms with van der Waals surface area (Å²) in [5, 5.41) is 16.8. The van der Waals surface area contributed by atoms with E-state index in [2.05, 4.69) is 17.6 Å². The number of anilines is 1. The first-order chi connectivity index (χ1) is 9.60. The maximum atomic E-state index is 9.74. The highest BCUT2D eigenvalue weighted by molar-refractivity contribution is 7.80. The summed E-state index contributed by atoms with van der Waals surface area (Å²) in [7, 11) is 1.53. The van der Waals surface area contributed by atoms with Crippen LogP contribution in [0.25, 0.3) is 0 Å². The summed E-state index contributed by atoms with van der Waals surface area (Å²) in [6.45, 7) is 2.26. The Morgan fingerprint density at radius 1 is 1.35 bits per heavy atom. The molecule has 1 aliphatic rings. The standard InChI is InChI=1S/C15H22N2O2S/c1-10-5-3-4-6-12(10)17-15(20)16-11-7-8-14(19-2)13(18)9-11/h7-10,12,18H,3-6H2,1-2H3,(H2,16,17,20)/t10-,12+/m0/s1. The van der Waals surface area contributed by atoms with E-state index in [1.54, 1.807) is 12.1 Å². The van der Waals surface area contributed by atoms with Gasteiger partial charge in [0.2, 0.25) is 0 Å². The fourth-order valence-corrected chi connectivity index (χ4v) is 2.90. The quantitative estimate of drug-likeness (QED) is 0.747. The van der Waals surface area contributed by atoms with Crippen LogP contribution < -0.4 is 15.4 Å². The van der Waals surface area contributed by atoms with Crippen LogP contribution in [0.1, 0.15) is 32.6 Å². The lowest BCUT2D eigenvalue weighted by Crippen LogP contribution is -2.43. The molecule has 0 amide bonds. The lowest BCUT2D eigenvalue weighted by molar-refractivity contribution is 0.309. The molecule has 0 aromatic heterocycles. The van der Waals surface area contributed by atoms with Crippen LogP contribution in [0.2, 0.25) is 0 Å². The molecule has 0 radical (unpaired) electrons. The van der Waals surface area contributed by atoms with Crippen LogP contribution in [0.3, 0.4) is 0 Å².